The van der Waals surface area contributed by atoms with Gasteiger partial charge in [-0.3, -0.25) is 4.79 Å². The Hall–Kier alpha value is -1.69. The van der Waals surface area contributed by atoms with Gasteiger partial charge in [-0.05, 0) is 24.2 Å². The minimum absolute atomic E-state index is 0.0349. The summed E-state index contributed by atoms with van der Waals surface area (Å²) in [6, 6.07) is 4.44. The van der Waals surface area contributed by atoms with Crippen LogP contribution >= 0.6 is 0 Å². The van der Waals surface area contributed by atoms with Crippen LogP contribution < -0.4 is 10.1 Å². The molecule has 1 amide bonds. The third-order valence-corrected chi connectivity index (χ3v) is 3.47. The molecule has 4 nitrogen and oxygen atoms in total. The smallest absolute Gasteiger partial charge is 0.261 e. The molecule has 1 N–H and O–H groups in total. The van der Waals surface area contributed by atoms with E-state index in [2.05, 4.69) is 5.32 Å². The fourth-order valence-corrected chi connectivity index (χ4v) is 2.34. The summed E-state index contributed by atoms with van der Waals surface area (Å²) >= 11 is 0. The quantitative estimate of drug-likeness (QED) is 0.911. The predicted octanol–water partition coefficient (Wildman–Crippen LogP) is 1.49. The van der Waals surface area contributed by atoms with E-state index in [-0.39, 0.29) is 25.3 Å². The number of ether oxygens (including phenoxy) is 1. The summed E-state index contributed by atoms with van der Waals surface area (Å²) in [5.74, 6) is -0.924. The van der Waals surface area contributed by atoms with Crippen LogP contribution in [0.1, 0.15) is 12.0 Å². The molecule has 0 radical (unpaired) electrons. The number of hydrogen-bond acceptors (Lipinski definition) is 3. The van der Waals surface area contributed by atoms with Crippen molar-refractivity contribution < 1.29 is 18.3 Å². The largest absolute Gasteiger partial charge is 0.494 e. The Labute approximate surface area is 116 Å². The number of nitrogens with zero attached hydrogens (tertiary/aromatic N) is 1. The van der Waals surface area contributed by atoms with Crippen molar-refractivity contribution in [1.29, 1.82) is 0 Å². The summed E-state index contributed by atoms with van der Waals surface area (Å²) in [4.78, 5) is 13.4. The molecule has 6 heteroatoms. The summed E-state index contributed by atoms with van der Waals surface area (Å²) in [6.45, 7) is 0.686. The molecule has 0 saturated carbocycles. The van der Waals surface area contributed by atoms with Crippen molar-refractivity contribution in [3.05, 3.63) is 29.6 Å². The molecule has 0 spiro atoms. The van der Waals surface area contributed by atoms with Gasteiger partial charge in [0, 0.05) is 26.6 Å². The molecular formula is C14H18F2N2O2. The van der Waals surface area contributed by atoms with E-state index >= 15 is 0 Å². The molecule has 1 aromatic carbocycles. The lowest BCUT2D eigenvalue weighted by Crippen LogP contribution is -2.45. The minimum Gasteiger partial charge on any atom is -0.494 e. The molecule has 2 rings (SSSR count). The second-order valence-electron chi connectivity index (χ2n) is 5.02. The molecule has 1 aliphatic heterocycles. The number of methoxy groups -OCH3 is 1. The first-order valence-electron chi connectivity index (χ1n) is 6.44. The summed E-state index contributed by atoms with van der Waals surface area (Å²) in [5, 5.41) is 2.84. The zero-order chi connectivity index (χ0) is 14.8. The summed E-state index contributed by atoms with van der Waals surface area (Å²) in [7, 11) is 2.90. The number of carbonyl (C=O) groups is 1. The van der Waals surface area contributed by atoms with Gasteiger partial charge in [0.25, 0.3) is 5.91 Å². The van der Waals surface area contributed by atoms with Gasteiger partial charge in [0.2, 0.25) is 5.67 Å². The lowest BCUT2D eigenvalue weighted by atomic mass is 10.0. The number of halogens is 2. The van der Waals surface area contributed by atoms with E-state index in [1.54, 1.807) is 6.07 Å². The first-order chi connectivity index (χ1) is 9.46. The maximum Gasteiger partial charge on any atom is 0.261 e. The Morgan fingerprint density at radius 1 is 1.55 bits per heavy atom. The maximum atomic E-state index is 14.3. The second kappa shape index (κ2) is 5.75. The summed E-state index contributed by atoms with van der Waals surface area (Å²) < 4.78 is 32.7. The van der Waals surface area contributed by atoms with Crippen molar-refractivity contribution in [1.82, 2.24) is 10.2 Å². The maximum absolute atomic E-state index is 14.3. The van der Waals surface area contributed by atoms with E-state index in [1.165, 1.54) is 31.2 Å². The van der Waals surface area contributed by atoms with Crippen LogP contribution in [0.15, 0.2) is 18.2 Å². The van der Waals surface area contributed by atoms with E-state index < -0.39 is 17.4 Å². The monoisotopic (exact) mass is 284 g/mol. The van der Waals surface area contributed by atoms with E-state index in [1.807, 2.05) is 0 Å². The van der Waals surface area contributed by atoms with Gasteiger partial charge < -0.3 is 15.0 Å². The summed E-state index contributed by atoms with van der Waals surface area (Å²) in [6.07, 6.45) is 0.174. The van der Waals surface area contributed by atoms with E-state index in [0.717, 1.165) is 0 Å². The molecule has 1 aromatic rings. The van der Waals surface area contributed by atoms with Crippen molar-refractivity contribution in [2.24, 2.45) is 0 Å². The van der Waals surface area contributed by atoms with Crippen LogP contribution in [-0.4, -0.2) is 43.7 Å². The third-order valence-electron chi connectivity index (χ3n) is 3.47. The fourth-order valence-electron chi connectivity index (χ4n) is 2.34. The van der Waals surface area contributed by atoms with Gasteiger partial charge in [0.15, 0.2) is 11.6 Å². The number of rotatable bonds is 4. The molecule has 1 fully saturated rings. The predicted molar refractivity (Wildman–Crippen MR) is 70.8 cm³/mol. The molecule has 1 aliphatic rings. The highest BCUT2D eigenvalue weighted by Gasteiger charge is 2.43. The third kappa shape index (κ3) is 2.90. The van der Waals surface area contributed by atoms with Gasteiger partial charge in [-0.15, -0.1) is 0 Å². The molecule has 0 bridgehead atoms. The highest BCUT2D eigenvalue weighted by atomic mass is 19.1. The topological polar surface area (TPSA) is 41.6 Å². The molecule has 1 saturated heterocycles. The minimum atomic E-state index is -1.85. The molecule has 1 atom stereocenters. The van der Waals surface area contributed by atoms with Crippen molar-refractivity contribution in [2.75, 3.05) is 27.2 Å². The van der Waals surface area contributed by atoms with E-state index in [4.69, 9.17) is 4.74 Å². The molecular weight excluding hydrogens is 266 g/mol. The van der Waals surface area contributed by atoms with Gasteiger partial charge in [0.05, 0.1) is 7.11 Å². The van der Waals surface area contributed by atoms with Crippen molar-refractivity contribution in [3.63, 3.8) is 0 Å². The van der Waals surface area contributed by atoms with E-state index in [0.29, 0.717) is 12.1 Å². The molecule has 0 unspecified atom stereocenters. The Bertz CT molecular complexity index is 502. The first kappa shape index (κ1) is 14.7. The van der Waals surface area contributed by atoms with Crippen molar-refractivity contribution in [2.45, 2.75) is 18.6 Å². The highest BCUT2D eigenvalue weighted by Crippen LogP contribution is 2.24. The molecule has 0 aliphatic carbocycles. The zero-order valence-electron chi connectivity index (χ0n) is 11.6. The zero-order valence-corrected chi connectivity index (χ0v) is 11.6. The van der Waals surface area contributed by atoms with Gasteiger partial charge >= 0.3 is 0 Å². The first-order valence-corrected chi connectivity index (χ1v) is 6.44. The van der Waals surface area contributed by atoms with Crippen molar-refractivity contribution >= 4 is 5.91 Å². The normalized spacial score (nSPS) is 21.8. The van der Waals surface area contributed by atoms with Crippen LogP contribution in [0.4, 0.5) is 8.78 Å². The van der Waals surface area contributed by atoms with Crippen LogP contribution in [0.2, 0.25) is 0 Å². The Kier molecular flexibility index (Phi) is 4.23. The SMILES string of the molecule is COc1ccc(CN(C)C(=O)[C@@]2(F)CCNC2)cc1F. The van der Waals surface area contributed by atoms with Crippen LogP contribution in [0.5, 0.6) is 5.75 Å². The average molecular weight is 284 g/mol. The van der Waals surface area contributed by atoms with Gasteiger partial charge in [-0.25, -0.2) is 8.78 Å². The average Bonchev–Trinajstić information content (AvgIpc) is 2.86. The summed E-state index contributed by atoms with van der Waals surface area (Å²) in [5.41, 5.74) is -1.26. The Balaban J connectivity index is 2.05. The highest BCUT2D eigenvalue weighted by molar-refractivity contribution is 5.85. The van der Waals surface area contributed by atoms with Gasteiger partial charge in [-0.1, -0.05) is 6.07 Å². The second-order valence-corrected chi connectivity index (χ2v) is 5.02. The van der Waals surface area contributed by atoms with Crippen LogP contribution in [0.25, 0.3) is 0 Å². The van der Waals surface area contributed by atoms with Crippen LogP contribution in [0.3, 0.4) is 0 Å². The lowest BCUT2D eigenvalue weighted by Gasteiger charge is -2.25. The van der Waals surface area contributed by atoms with E-state index in [9.17, 15) is 13.6 Å². The Morgan fingerprint density at radius 3 is 2.85 bits per heavy atom. The number of nitrogens with one attached hydrogen (secondary N) is 1. The van der Waals surface area contributed by atoms with Crippen LogP contribution in [-0.2, 0) is 11.3 Å². The van der Waals surface area contributed by atoms with Crippen LogP contribution in [0, 0.1) is 5.82 Å². The standard InChI is InChI=1S/C14H18F2N2O2/c1-18(13(19)14(16)5-6-17-9-14)8-10-3-4-12(20-2)11(15)7-10/h3-4,7,17H,5-6,8-9H2,1-2H3/t14-/m1/s1. The Morgan fingerprint density at radius 2 is 2.30 bits per heavy atom. The fraction of sp³-hybridized carbons (Fsp3) is 0.500. The number of benzene rings is 1. The number of alkyl halides is 1. The lowest BCUT2D eigenvalue weighted by molar-refractivity contribution is -0.142. The number of amides is 1. The molecule has 1 heterocycles. The van der Waals surface area contributed by atoms with Crippen molar-refractivity contribution in [3.8, 4) is 5.75 Å². The number of carbonyl (C=O) groups excluding carboxylic acids is 1. The molecule has 0 aromatic heterocycles. The number of hydrogen-bond donors (Lipinski definition) is 1. The molecule has 20 heavy (non-hydrogen) atoms. The van der Waals surface area contributed by atoms with Gasteiger partial charge in [0.1, 0.15) is 0 Å². The van der Waals surface area contributed by atoms with Gasteiger partial charge in [-0.2, -0.15) is 0 Å². The molecule has 110 valence electrons.